The van der Waals surface area contributed by atoms with Crippen molar-refractivity contribution in [2.24, 2.45) is 5.92 Å². The molecule has 2 aliphatic heterocycles. The number of fused-ring (bicyclic) bond motifs is 2. The van der Waals surface area contributed by atoms with Gasteiger partial charge in [-0.1, -0.05) is 48.4 Å². The van der Waals surface area contributed by atoms with E-state index in [0.29, 0.717) is 5.02 Å². The monoisotopic (exact) mass is 527 g/mol. The molecule has 2 aromatic carbocycles. The van der Waals surface area contributed by atoms with Gasteiger partial charge >= 0.3 is 0 Å². The smallest absolute Gasteiger partial charge is 0.0738 e. The SMILES string of the molecule is Cc1c(CNCC[C@@H]2CCCN3CCCC[C@H]23)cc(-c2ccccc2)n1Nc1ccnc2cc(Cl)ccc12. The molecule has 198 valence electrons. The third kappa shape index (κ3) is 5.33. The summed E-state index contributed by atoms with van der Waals surface area (Å²) in [4.78, 5) is 7.29. The molecule has 0 saturated carbocycles. The van der Waals surface area contributed by atoms with Crippen LogP contribution >= 0.6 is 11.6 Å². The Labute approximate surface area is 231 Å². The van der Waals surface area contributed by atoms with E-state index in [9.17, 15) is 0 Å². The Balaban J connectivity index is 1.20. The molecule has 6 rings (SSSR count). The molecule has 0 amide bonds. The van der Waals surface area contributed by atoms with Crippen molar-refractivity contribution in [1.82, 2.24) is 19.9 Å². The number of hydrogen-bond donors (Lipinski definition) is 2. The van der Waals surface area contributed by atoms with Gasteiger partial charge in [-0.15, -0.1) is 0 Å². The molecule has 2 aliphatic rings. The van der Waals surface area contributed by atoms with Crippen LogP contribution in [0.2, 0.25) is 5.02 Å². The highest BCUT2D eigenvalue weighted by Gasteiger charge is 2.32. The molecule has 0 spiro atoms. The molecule has 0 radical (unpaired) electrons. The molecule has 38 heavy (non-hydrogen) atoms. The summed E-state index contributed by atoms with van der Waals surface area (Å²) in [6.45, 7) is 6.78. The molecule has 2 atom stereocenters. The maximum Gasteiger partial charge on any atom is 0.0738 e. The largest absolute Gasteiger partial charge is 0.313 e. The molecule has 5 nitrogen and oxygen atoms in total. The molecule has 0 aliphatic carbocycles. The number of piperidine rings is 2. The molecule has 6 heteroatoms. The van der Waals surface area contributed by atoms with Gasteiger partial charge in [-0.25, -0.2) is 0 Å². The third-order valence-electron chi connectivity index (χ3n) is 8.59. The van der Waals surface area contributed by atoms with Crippen molar-refractivity contribution in [3.05, 3.63) is 83.1 Å². The lowest BCUT2D eigenvalue weighted by Crippen LogP contribution is -2.48. The minimum atomic E-state index is 0.696. The lowest BCUT2D eigenvalue weighted by Gasteiger charge is -2.44. The number of aromatic nitrogens is 2. The summed E-state index contributed by atoms with van der Waals surface area (Å²) in [6, 6.07) is 21.7. The van der Waals surface area contributed by atoms with E-state index in [2.05, 4.69) is 68.6 Å². The van der Waals surface area contributed by atoms with Crippen molar-refractivity contribution >= 4 is 28.2 Å². The summed E-state index contributed by atoms with van der Waals surface area (Å²) in [6.07, 6.45) is 10.1. The summed E-state index contributed by atoms with van der Waals surface area (Å²) in [7, 11) is 0. The van der Waals surface area contributed by atoms with Crippen LogP contribution in [-0.2, 0) is 6.54 Å². The number of halogens is 1. The maximum atomic E-state index is 6.23. The molecular weight excluding hydrogens is 490 g/mol. The first-order valence-electron chi connectivity index (χ1n) is 14.2. The second-order valence-electron chi connectivity index (χ2n) is 10.9. The molecule has 4 aromatic rings. The van der Waals surface area contributed by atoms with Gasteiger partial charge in [0.05, 0.1) is 16.9 Å². The van der Waals surface area contributed by atoms with Gasteiger partial charge in [0.1, 0.15) is 0 Å². The lowest BCUT2D eigenvalue weighted by atomic mass is 9.82. The molecule has 0 unspecified atom stereocenters. The van der Waals surface area contributed by atoms with Gasteiger partial charge in [-0.3, -0.25) is 15.1 Å². The lowest BCUT2D eigenvalue weighted by molar-refractivity contribution is 0.0559. The Bertz CT molecular complexity index is 1380. The van der Waals surface area contributed by atoms with Crippen molar-refractivity contribution in [2.75, 3.05) is 25.1 Å². The van der Waals surface area contributed by atoms with Crippen molar-refractivity contribution in [2.45, 2.75) is 58.0 Å². The predicted octanol–water partition coefficient (Wildman–Crippen LogP) is 7.28. The summed E-state index contributed by atoms with van der Waals surface area (Å²) >= 11 is 6.23. The Morgan fingerprint density at radius 2 is 1.84 bits per heavy atom. The van der Waals surface area contributed by atoms with Gasteiger partial charge in [0.25, 0.3) is 0 Å². The van der Waals surface area contributed by atoms with Crippen molar-refractivity contribution in [1.29, 1.82) is 0 Å². The van der Waals surface area contributed by atoms with Crippen molar-refractivity contribution in [3.63, 3.8) is 0 Å². The van der Waals surface area contributed by atoms with Gasteiger partial charge in [0, 0.05) is 40.4 Å². The van der Waals surface area contributed by atoms with Crippen molar-refractivity contribution < 1.29 is 0 Å². The highest BCUT2D eigenvalue weighted by atomic mass is 35.5. The van der Waals surface area contributed by atoms with E-state index in [1.165, 1.54) is 68.4 Å². The standard InChI is InChI=1S/C32H38ClN5/c1-23-26(22-34-16-14-25-10-7-19-37-18-6-5-11-31(25)37)20-32(24-8-3-2-4-9-24)38(23)36-29-15-17-35-30-21-27(33)12-13-28(29)30/h2-4,8-9,12-13,15,17,20-21,25,31,34H,5-7,10-11,14,16,18-19,22H2,1H3,(H,35,36)/t25-,31+/m0/s1. The van der Waals surface area contributed by atoms with Gasteiger partial charge < -0.3 is 10.2 Å². The molecule has 2 fully saturated rings. The fourth-order valence-electron chi connectivity index (χ4n) is 6.57. The van der Waals surface area contributed by atoms with Crippen LogP contribution in [0.1, 0.15) is 49.8 Å². The predicted molar refractivity (Wildman–Crippen MR) is 159 cm³/mol. The zero-order valence-electron chi connectivity index (χ0n) is 22.3. The quantitative estimate of drug-likeness (QED) is 0.236. The molecule has 0 bridgehead atoms. The van der Waals surface area contributed by atoms with Gasteiger partial charge in [-0.2, -0.15) is 0 Å². The second-order valence-corrected chi connectivity index (χ2v) is 11.4. The summed E-state index contributed by atoms with van der Waals surface area (Å²) in [5, 5.41) is 5.54. The number of nitrogens with zero attached hydrogens (tertiary/aromatic N) is 3. The Morgan fingerprint density at radius 3 is 2.74 bits per heavy atom. The van der Waals surface area contributed by atoms with E-state index in [4.69, 9.17) is 11.6 Å². The Morgan fingerprint density at radius 1 is 0.974 bits per heavy atom. The average molecular weight is 528 g/mol. The molecule has 4 heterocycles. The highest BCUT2D eigenvalue weighted by Crippen LogP contribution is 2.33. The number of hydrogen-bond acceptors (Lipinski definition) is 4. The molecule has 2 saturated heterocycles. The first-order valence-corrected chi connectivity index (χ1v) is 14.6. The number of anilines is 1. The zero-order valence-corrected chi connectivity index (χ0v) is 23.1. The van der Waals surface area contributed by atoms with Crippen LogP contribution in [-0.4, -0.2) is 40.2 Å². The number of benzene rings is 2. The number of rotatable bonds is 8. The van der Waals surface area contributed by atoms with Crippen LogP contribution in [0.25, 0.3) is 22.2 Å². The van der Waals surface area contributed by atoms with E-state index in [-0.39, 0.29) is 0 Å². The summed E-state index contributed by atoms with van der Waals surface area (Å²) < 4.78 is 2.22. The van der Waals surface area contributed by atoms with Gasteiger partial charge in [0.2, 0.25) is 0 Å². The van der Waals surface area contributed by atoms with E-state index in [1.807, 2.05) is 30.5 Å². The molecule has 2 aromatic heterocycles. The third-order valence-corrected chi connectivity index (χ3v) is 8.83. The molecule has 2 N–H and O–H groups in total. The number of nitrogens with one attached hydrogen (secondary N) is 2. The normalized spacial score (nSPS) is 19.9. The van der Waals surface area contributed by atoms with Gasteiger partial charge in [0.15, 0.2) is 0 Å². The Kier molecular flexibility index (Phi) is 7.68. The van der Waals surface area contributed by atoms with Crippen LogP contribution in [0.4, 0.5) is 5.69 Å². The minimum Gasteiger partial charge on any atom is -0.313 e. The van der Waals surface area contributed by atoms with E-state index >= 15 is 0 Å². The summed E-state index contributed by atoms with van der Waals surface area (Å²) in [5.74, 6) is 0.845. The van der Waals surface area contributed by atoms with Crippen LogP contribution in [0.5, 0.6) is 0 Å². The van der Waals surface area contributed by atoms with Crippen molar-refractivity contribution in [3.8, 4) is 11.3 Å². The van der Waals surface area contributed by atoms with Crippen LogP contribution in [0, 0.1) is 12.8 Å². The van der Waals surface area contributed by atoms with Crippen LogP contribution in [0.3, 0.4) is 0 Å². The molecular formula is C32H38ClN5. The highest BCUT2D eigenvalue weighted by molar-refractivity contribution is 6.31. The fourth-order valence-corrected chi connectivity index (χ4v) is 6.73. The topological polar surface area (TPSA) is 45.1 Å². The van der Waals surface area contributed by atoms with Crippen LogP contribution in [0.15, 0.2) is 66.9 Å². The van der Waals surface area contributed by atoms with E-state index in [1.54, 1.807) is 0 Å². The van der Waals surface area contributed by atoms with E-state index in [0.717, 1.165) is 47.3 Å². The second kappa shape index (κ2) is 11.5. The summed E-state index contributed by atoms with van der Waals surface area (Å²) in [5.41, 5.74) is 10.5. The van der Waals surface area contributed by atoms with Crippen LogP contribution < -0.4 is 10.7 Å². The zero-order chi connectivity index (χ0) is 25.9. The fraction of sp³-hybridized carbons (Fsp3) is 0.406. The first kappa shape index (κ1) is 25.4. The number of pyridine rings is 1. The maximum absolute atomic E-state index is 6.23. The minimum absolute atomic E-state index is 0.696. The van der Waals surface area contributed by atoms with E-state index < -0.39 is 0 Å². The average Bonchev–Trinajstić information content (AvgIpc) is 3.26. The Hall–Kier alpha value is -2.86. The van der Waals surface area contributed by atoms with Gasteiger partial charge in [-0.05, 0) is 100 Å². The first-order chi connectivity index (χ1) is 18.7.